The van der Waals surface area contributed by atoms with E-state index in [1.807, 2.05) is 30.8 Å². The first-order chi connectivity index (χ1) is 9.13. The lowest BCUT2D eigenvalue weighted by molar-refractivity contribution is 0.0945. The Kier molecular flexibility index (Phi) is 4.69. The van der Waals surface area contributed by atoms with Gasteiger partial charge in [-0.25, -0.2) is 4.98 Å². The number of hydrogen-bond donors (Lipinski definition) is 2. The van der Waals surface area contributed by atoms with Crippen LogP contribution in [-0.4, -0.2) is 34.5 Å². The highest BCUT2D eigenvalue weighted by Crippen LogP contribution is 2.36. The van der Waals surface area contributed by atoms with Gasteiger partial charge in [0.25, 0.3) is 5.91 Å². The third-order valence-electron chi connectivity index (χ3n) is 3.26. The zero-order chi connectivity index (χ0) is 13.7. The first-order valence-corrected chi connectivity index (χ1v) is 7.75. The summed E-state index contributed by atoms with van der Waals surface area (Å²) in [5, 5.41) is 6.11. The molecule has 1 aromatic heterocycles. The Labute approximate surface area is 118 Å². The van der Waals surface area contributed by atoms with Crippen LogP contribution < -0.4 is 10.6 Å². The molecule has 2 N–H and O–H groups in total. The molecule has 0 saturated carbocycles. The van der Waals surface area contributed by atoms with Crippen molar-refractivity contribution in [3.63, 3.8) is 0 Å². The number of thioether (sulfide) groups is 1. The van der Waals surface area contributed by atoms with Gasteiger partial charge < -0.3 is 10.6 Å². The van der Waals surface area contributed by atoms with Crippen molar-refractivity contribution < 1.29 is 4.79 Å². The molecule has 0 radical (unpaired) electrons. The second-order valence-corrected chi connectivity index (χ2v) is 6.71. The molecule has 1 fully saturated rings. The fraction of sp³-hybridized carbons (Fsp3) is 0.571. The van der Waals surface area contributed by atoms with E-state index in [0.717, 1.165) is 12.4 Å². The van der Waals surface area contributed by atoms with Crippen molar-refractivity contribution in [3.05, 3.63) is 23.9 Å². The number of aromatic nitrogens is 1. The van der Waals surface area contributed by atoms with Crippen LogP contribution in [0.15, 0.2) is 18.2 Å². The molecule has 1 atom stereocenters. The Hall–Kier alpha value is -1.23. The monoisotopic (exact) mass is 279 g/mol. The number of nitrogens with one attached hydrogen (secondary N) is 2. The van der Waals surface area contributed by atoms with Gasteiger partial charge in [0.05, 0.1) is 0 Å². The van der Waals surface area contributed by atoms with Crippen molar-refractivity contribution in [2.75, 3.05) is 24.2 Å². The minimum absolute atomic E-state index is 0.0894. The standard InChI is InChI=1S/C14H21N3OS/c1-3-15-12-7-4-6-11(17-12)13(18)16-10-14(2)8-5-9-19-14/h4,6-7H,3,5,8-10H2,1-2H3,(H,15,17)(H,16,18). The van der Waals surface area contributed by atoms with E-state index in [1.165, 1.54) is 18.6 Å². The summed E-state index contributed by atoms with van der Waals surface area (Å²) >= 11 is 1.95. The number of amides is 1. The Morgan fingerprint density at radius 2 is 2.37 bits per heavy atom. The second-order valence-electron chi connectivity index (χ2n) is 5.02. The highest BCUT2D eigenvalue weighted by molar-refractivity contribution is 8.00. The summed E-state index contributed by atoms with van der Waals surface area (Å²) in [7, 11) is 0. The molecule has 0 aliphatic carbocycles. The van der Waals surface area contributed by atoms with Gasteiger partial charge in [0.15, 0.2) is 0 Å². The first-order valence-electron chi connectivity index (χ1n) is 6.76. The predicted octanol–water partition coefficient (Wildman–Crippen LogP) is 2.53. The van der Waals surface area contributed by atoms with Gasteiger partial charge >= 0.3 is 0 Å². The number of carbonyl (C=O) groups excluding carboxylic acids is 1. The molecule has 1 aromatic rings. The number of nitrogens with zero attached hydrogens (tertiary/aromatic N) is 1. The molecule has 5 heteroatoms. The van der Waals surface area contributed by atoms with E-state index in [1.54, 1.807) is 6.07 Å². The van der Waals surface area contributed by atoms with E-state index in [0.29, 0.717) is 12.2 Å². The summed E-state index contributed by atoms with van der Waals surface area (Å²) in [6.45, 7) is 5.73. The van der Waals surface area contributed by atoms with Gasteiger partial charge in [-0.1, -0.05) is 6.07 Å². The number of rotatable bonds is 5. The van der Waals surface area contributed by atoms with Crippen LogP contribution in [0.25, 0.3) is 0 Å². The molecule has 19 heavy (non-hydrogen) atoms. The van der Waals surface area contributed by atoms with Gasteiger partial charge in [0.1, 0.15) is 11.5 Å². The van der Waals surface area contributed by atoms with E-state index in [-0.39, 0.29) is 10.7 Å². The molecule has 1 aliphatic heterocycles. The second kappa shape index (κ2) is 6.28. The fourth-order valence-corrected chi connectivity index (χ4v) is 3.42. The lowest BCUT2D eigenvalue weighted by Gasteiger charge is -2.22. The van der Waals surface area contributed by atoms with Crippen LogP contribution in [-0.2, 0) is 0 Å². The molecule has 2 heterocycles. The molecule has 2 rings (SSSR count). The molecule has 0 bridgehead atoms. The third kappa shape index (κ3) is 3.86. The Morgan fingerprint density at radius 3 is 3.05 bits per heavy atom. The lowest BCUT2D eigenvalue weighted by Crippen LogP contribution is -2.37. The number of hydrogen-bond acceptors (Lipinski definition) is 4. The topological polar surface area (TPSA) is 54.0 Å². The number of carbonyl (C=O) groups is 1. The van der Waals surface area contributed by atoms with E-state index < -0.39 is 0 Å². The highest BCUT2D eigenvalue weighted by atomic mass is 32.2. The molecular weight excluding hydrogens is 258 g/mol. The fourth-order valence-electron chi connectivity index (χ4n) is 2.17. The Balaban J connectivity index is 1.93. The third-order valence-corrected chi connectivity index (χ3v) is 4.80. The molecule has 1 aliphatic rings. The summed E-state index contributed by atoms with van der Waals surface area (Å²) in [4.78, 5) is 16.4. The summed E-state index contributed by atoms with van der Waals surface area (Å²) < 4.78 is 0.189. The normalized spacial score (nSPS) is 22.2. The van der Waals surface area contributed by atoms with Gasteiger partial charge in [-0.2, -0.15) is 11.8 Å². The number of pyridine rings is 1. The highest BCUT2D eigenvalue weighted by Gasteiger charge is 2.29. The van der Waals surface area contributed by atoms with Crippen molar-refractivity contribution in [2.24, 2.45) is 0 Å². The quantitative estimate of drug-likeness (QED) is 0.869. The average Bonchev–Trinajstić information content (AvgIpc) is 2.84. The van der Waals surface area contributed by atoms with Crippen LogP contribution in [0.2, 0.25) is 0 Å². The molecular formula is C14H21N3OS. The molecule has 1 unspecified atom stereocenters. The first kappa shape index (κ1) is 14.2. The van der Waals surface area contributed by atoms with Gasteiger partial charge in [0.2, 0.25) is 0 Å². The predicted molar refractivity (Wildman–Crippen MR) is 80.8 cm³/mol. The molecule has 0 aromatic carbocycles. The zero-order valence-electron chi connectivity index (χ0n) is 11.5. The van der Waals surface area contributed by atoms with Crippen LogP contribution in [0.5, 0.6) is 0 Å². The van der Waals surface area contributed by atoms with E-state index in [9.17, 15) is 4.79 Å². The zero-order valence-corrected chi connectivity index (χ0v) is 12.3. The average molecular weight is 279 g/mol. The van der Waals surface area contributed by atoms with Crippen LogP contribution in [0.1, 0.15) is 37.2 Å². The largest absolute Gasteiger partial charge is 0.370 e. The minimum Gasteiger partial charge on any atom is -0.370 e. The van der Waals surface area contributed by atoms with Gasteiger partial charge in [-0.3, -0.25) is 4.79 Å². The maximum absolute atomic E-state index is 12.1. The van der Waals surface area contributed by atoms with E-state index in [2.05, 4.69) is 22.5 Å². The molecule has 1 saturated heterocycles. The maximum Gasteiger partial charge on any atom is 0.270 e. The molecule has 1 amide bonds. The van der Waals surface area contributed by atoms with Crippen molar-refractivity contribution in [2.45, 2.75) is 31.4 Å². The van der Waals surface area contributed by atoms with E-state index >= 15 is 0 Å². The summed E-state index contributed by atoms with van der Waals surface area (Å²) in [6, 6.07) is 5.47. The summed E-state index contributed by atoms with van der Waals surface area (Å²) in [5.41, 5.74) is 0.477. The van der Waals surface area contributed by atoms with E-state index in [4.69, 9.17) is 0 Å². The Morgan fingerprint density at radius 1 is 1.53 bits per heavy atom. The Bertz CT molecular complexity index is 444. The van der Waals surface area contributed by atoms with Crippen LogP contribution in [0, 0.1) is 0 Å². The molecule has 4 nitrogen and oxygen atoms in total. The summed E-state index contributed by atoms with van der Waals surface area (Å²) in [6.07, 6.45) is 2.41. The lowest BCUT2D eigenvalue weighted by atomic mass is 10.1. The van der Waals surface area contributed by atoms with Crippen LogP contribution >= 0.6 is 11.8 Å². The molecule has 104 valence electrons. The SMILES string of the molecule is CCNc1cccc(C(=O)NCC2(C)CCCS2)n1. The maximum atomic E-state index is 12.1. The smallest absolute Gasteiger partial charge is 0.270 e. The molecule has 0 spiro atoms. The van der Waals surface area contributed by atoms with Crippen LogP contribution in [0.3, 0.4) is 0 Å². The van der Waals surface area contributed by atoms with Gasteiger partial charge in [0, 0.05) is 17.8 Å². The summed E-state index contributed by atoms with van der Waals surface area (Å²) in [5.74, 6) is 1.85. The van der Waals surface area contributed by atoms with Gasteiger partial charge in [-0.15, -0.1) is 0 Å². The van der Waals surface area contributed by atoms with Crippen molar-refractivity contribution >= 4 is 23.5 Å². The van der Waals surface area contributed by atoms with Crippen molar-refractivity contribution in [1.29, 1.82) is 0 Å². The van der Waals surface area contributed by atoms with Gasteiger partial charge in [-0.05, 0) is 44.6 Å². The number of anilines is 1. The van der Waals surface area contributed by atoms with Crippen LogP contribution in [0.4, 0.5) is 5.82 Å². The van der Waals surface area contributed by atoms with Crippen molar-refractivity contribution in [3.8, 4) is 0 Å². The minimum atomic E-state index is -0.0894. The van der Waals surface area contributed by atoms with Crippen molar-refractivity contribution in [1.82, 2.24) is 10.3 Å².